The summed E-state index contributed by atoms with van der Waals surface area (Å²) in [6.07, 6.45) is 2.53. The van der Waals surface area contributed by atoms with Crippen LogP contribution in [0, 0.1) is 0 Å². The van der Waals surface area contributed by atoms with Gasteiger partial charge in [0.15, 0.2) is 0 Å². The summed E-state index contributed by atoms with van der Waals surface area (Å²) in [5, 5.41) is 17.9. The van der Waals surface area contributed by atoms with E-state index in [1.165, 1.54) is 17.3 Å². The van der Waals surface area contributed by atoms with Gasteiger partial charge in [0.25, 0.3) is 0 Å². The van der Waals surface area contributed by atoms with Crippen molar-refractivity contribution in [2.45, 2.75) is 50.2 Å². The van der Waals surface area contributed by atoms with Gasteiger partial charge in [-0.05, 0) is 53.3 Å². The molecular formula is C18H24N6O2S. The van der Waals surface area contributed by atoms with Gasteiger partial charge in [0.1, 0.15) is 6.04 Å². The molecule has 0 radical (unpaired) electrons. The molecule has 0 unspecified atom stereocenters. The molecule has 1 aliphatic rings. The molecular weight excluding hydrogens is 364 g/mol. The third-order valence-corrected chi connectivity index (χ3v) is 5.37. The minimum Gasteiger partial charge on any atom is -0.354 e. The van der Waals surface area contributed by atoms with Gasteiger partial charge in [0.05, 0.1) is 11.4 Å². The first-order valence-electron chi connectivity index (χ1n) is 9.13. The van der Waals surface area contributed by atoms with Gasteiger partial charge < -0.3 is 10.6 Å². The maximum Gasteiger partial charge on any atom is 0.242 e. The number of hydrogen-bond donors (Lipinski definition) is 2. The summed E-state index contributed by atoms with van der Waals surface area (Å²) in [7, 11) is 0. The van der Waals surface area contributed by atoms with Gasteiger partial charge in [-0.2, -0.15) is 4.68 Å². The number of thioether (sulfide) groups is 1. The number of carbonyl (C=O) groups is 2. The molecule has 1 saturated heterocycles. The number of tetrazole rings is 1. The fraction of sp³-hybridized carbons (Fsp3) is 0.500. The van der Waals surface area contributed by atoms with Crippen molar-refractivity contribution in [2.75, 3.05) is 12.3 Å². The molecule has 1 aromatic heterocycles. The van der Waals surface area contributed by atoms with E-state index in [1.807, 2.05) is 24.3 Å². The molecule has 27 heavy (non-hydrogen) atoms. The number of aromatic nitrogens is 4. The van der Waals surface area contributed by atoms with Crippen molar-refractivity contribution >= 4 is 23.6 Å². The fourth-order valence-corrected chi connectivity index (χ4v) is 3.58. The Kier molecular flexibility index (Phi) is 6.44. The Bertz CT molecular complexity index is 789. The second-order valence-electron chi connectivity index (χ2n) is 6.82. The van der Waals surface area contributed by atoms with Gasteiger partial charge in [-0.3, -0.25) is 9.59 Å². The molecule has 0 spiro atoms. The lowest BCUT2D eigenvalue weighted by molar-refractivity contribution is -0.127. The van der Waals surface area contributed by atoms with Crippen LogP contribution in [0.1, 0.15) is 44.6 Å². The van der Waals surface area contributed by atoms with E-state index in [0.29, 0.717) is 24.0 Å². The van der Waals surface area contributed by atoms with Crippen LogP contribution in [0.2, 0.25) is 0 Å². The van der Waals surface area contributed by atoms with Crippen molar-refractivity contribution < 1.29 is 9.59 Å². The lowest BCUT2D eigenvalue weighted by Gasteiger charge is -2.14. The van der Waals surface area contributed by atoms with Crippen molar-refractivity contribution in [1.82, 2.24) is 30.8 Å². The highest BCUT2D eigenvalue weighted by Crippen LogP contribution is 2.20. The Morgan fingerprint density at radius 3 is 2.85 bits per heavy atom. The topological polar surface area (TPSA) is 102 Å². The first-order chi connectivity index (χ1) is 13.0. The SMILES string of the molecule is CC(C)c1ccc(-n2nnnc2SCC(=O)N[C@@H]2CCCCNC2=O)cc1. The van der Waals surface area contributed by atoms with Crippen molar-refractivity contribution in [3.63, 3.8) is 0 Å². The first kappa shape index (κ1) is 19.3. The quantitative estimate of drug-likeness (QED) is 0.730. The fourth-order valence-electron chi connectivity index (χ4n) is 2.87. The third kappa shape index (κ3) is 5.06. The van der Waals surface area contributed by atoms with Crippen molar-refractivity contribution in [1.29, 1.82) is 0 Å². The Morgan fingerprint density at radius 1 is 1.33 bits per heavy atom. The van der Waals surface area contributed by atoms with Gasteiger partial charge in [-0.1, -0.05) is 37.7 Å². The van der Waals surface area contributed by atoms with E-state index in [0.717, 1.165) is 18.5 Å². The third-order valence-electron chi connectivity index (χ3n) is 4.45. The molecule has 2 heterocycles. The first-order valence-corrected chi connectivity index (χ1v) is 10.1. The zero-order chi connectivity index (χ0) is 19.2. The van der Waals surface area contributed by atoms with Crippen LogP contribution in [0.4, 0.5) is 0 Å². The van der Waals surface area contributed by atoms with Crippen LogP contribution < -0.4 is 10.6 Å². The number of hydrogen-bond acceptors (Lipinski definition) is 6. The Hall–Kier alpha value is -2.42. The molecule has 0 bridgehead atoms. The van der Waals surface area contributed by atoms with Crippen molar-refractivity contribution in [2.24, 2.45) is 0 Å². The summed E-state index contributed by atoms with van der Waals surface area (Å²) >= 11 is 1.25. The molecule has 9 heteroatoms. The van der Waals surface area contributed by atoms with Crippen LogP contribution in [-0.2, 0) is 9.59 Å². The normalized spacial score (nSPS) is 17.4. The van der Waals surface area contributed by atoms with E-state index < -0.39 is 6.04 Å². The number of amides is 2. The largest absolute Gasteiger partial charge is 0.354 e. The van der Waals surface area contributed by atoms with Crippen molar-refractivity contribution in [3.05, 3.63) is 29.8 Å². The van der Waals surface area contributed by atoms with E-state index in [9.17, 15) is 9.59 Å². The Balaban J connectivity index is 1.59. The molecule has 8 nitrogen and oxygen atoms in total. The second-order valence-corrected chi connectivity index (χ2v) is 7.76. The van der Waals surface area contributed by atoms with Gasteiger partial charge in [0.2, 0.25) is 17.0 Å². The highest BCUT2D eigenvalue weighted by Gasteiger charge is 2.22. The molecule has 1 fully saturated rings. The van der Waals surface area contributed by atoms with Crippen molar-refractivity contribution in [3.8, 4) is 5.69 Å². The van der Waals surface area contributed by atoms with E-state index in [2.05, 4.69) is 40.0 Å². The maximum atomic E-state index is 12.2. The van der Waals surface area contributed by atoms with Crippen LogP contribution in [0.3, 0.4) is 0 Å². The predicted octanol–water partition coefficient (Wildman–Crippen LogP) is 1.66. The maximum absolute atomic E-state index is 12.2. The highest BCUT2D eigenvalue weighted by atomic mass is 32.2. The average Bonchev–Trinajstić information content (AvgIpc) is 3.04. The van der Waals surface area contributed by atoms with E-state index in [-0.39, 0.29) is 17.6 Å². The van der Waals surface area contributed by atoms with Crippen LogP contribution >= 0.6 is 11.8 Å². The summed E-state index contributed by atoms with van der Waals surface area (Å²) in [6.45, 7) is 4.95. The van der Waals surface area contributed by atoms with Gasteiger partial charge in [0, 0.05) is 6.54 Å². The molecule has 3 rings (SSSR count). The highest BCUT2D eigenvalue weighted by molar-refractivity contribution is 7.99. The number of nitrogens with one attached hydrogen (secondary N) is 2. The zero-order valence-corrected chi connectivity index (χ0v) is 16.3. The minimum atomic E-state index is -0.458. The molecule has 144 valence electrons. The lowest BCUT2D eigenvalue weighted by Crippen LogP contribution is -2.46. The van der Waals surface area contributed by atoms with Gasteiger partial charge in [-0.25, -0.2) is 0 Å². The van der Waals surface area contributed by atoms with Crippen LogP contribution in [0.25, 0.3) is 5.69 Å². The predicted molar refractivity (Wildman–Crippen MR) is 103 cm³/mol. The van der Waals surface area contributed by atoms with Gasteiger partial charge >= 0.3 is 0 Å². The molecule has 2 amide bonds. The molecule has 2 N–H and O–H groups in total. The Labute approximate surface area is 162 Å². The molecule has 0 saturated carbocycles. The molecule has 2 aromatic rings. The van der Waals surface area contributed by atoms with E-state index >= 15 is 0 Å². The van der Waals surface area contributed by atoms with Crippen LogP contribution in [0.15, 0.2) is 29.4 Å². The average molecular weight is 388 g/mol. The lowest BCUT2D eigenvalue weighted by atomic mass is 10.0. The summed E-state index contributed by atoms with van der Waals surface area (Å²) in [4.78, 5) is 24.2. The molecule has 1 aliphatic heterocycles. The minimum absolute atomic E-state index is 0.110. The number of benzene rings is 1. The molecule has 0 aliphatic carbocycles. The zero-order valence-electron chi connectivity index (χ0n) is 15.5. The number of nitrogens with zero attached hydrogens (tertiary/aromatic N) is 4. The summed E-state index contributed by atoms with van der Waals surface area (Å²) < 4.78 is 1.61. The smallest absolute Gasteiger partial charge is 0.242 e. The van der Waals surface area contributed by atoms with Crippen LogP contribution in [0.5, 0.6) is 0 Å². The van der Waals surface area contributed by atoms with Gasteiger partial charge in [-0.15, -0.1) is 5.10 Å². The van der Waals surface area contributed by atoms with E-state index in [4.69, 9.17) is 0 Å². The number of rotatable bonds is 6. The monoisotopic (exact) mass is 388 g/mol. The van der Waals surface area contributed by atoms with E-state index in [1.54, 1.807) is 4.68 Å². The second kappa shape index (κ2) is 8.98. The summed E-state index contributed by atoms with van der Waals surface area (Å²) in [5.74, 6) is 0.285. The standard InChI is InChI=1S/C18H24N6O2S/c1-12(2)13-6-8-14(9-7-13)24-18(21-22-23-24)27-11-16(25)20-15-5-3-4-10-19-17(15)26/h6-9,12,15H,3-5,10-11H2,1-2H3,(H,19,26)(H,20,25)/t15-/m1/s1. The molecule has 1 atom stereocenters. The number of carbonyl (C=O) groups excluding carboxylic acids is 2. The Morgan fingerprint density at radius 2 is 2.11 bits per heavy atom. The van der Waals surface area contributed by atoms with Crippen LogP contribution in [-0.4, -0.2) is 50.4 Å². The molecule has 1 aromatic carbocycles. The summed E-state index contributed by atoms with van der Waals surface area (Å²) in [5.41, 5.74) is 2.08. The summed E-state index contributed by atoms with van der Waals surface area (Å²) in [6, 6.07) is 7.57.